The van der Waals surface area contributed by atoms with Gasteiger partial charge in [-0.3, -0.25) is 9.59 Å². The number of rotatable bonds is 7. The van der Waals surface area contributed by atoms with Crippen LogP contribution in [0.5, 0.6) is 0 Å². The van der Waals surface area contributed by atoms with Gasteiger partial charge >= 0.3 is 0 Å². The van der Waals surface area contributed by atoms with Crippen molar-refractivity contribution in [1.82, 2.24) is 10.3 Å². The Kier molecular flexibility index (Phi) is 6.08. The average molecular weight is 382 g/mol. The third-order valence-electron chi connectivity index (χ3n) is 4.14. The molecule has 138 valence electrons. The molecule has 4 nitrogen and oxygen atoms in total. The number of aryl methyl sites for hydroxylation is 1. The summed E-state index contributed by atoms with van der Waals surface area (Å²) in [5.41, 5.74) is 3.44. The number of nitrogens with one attached hydrogen (secondary N) is 1. The molecule has 0 atom stereocenters. The van der Waals surface area contributed by atoms with Gasteiger partial charge in [0.2, 0.25) is 5.91 Å². The lowest BCUT2D eigenvalue weighted by molar-refractivity contribution is -0.121. The molecule has 27 heavy (non-hydrogen) atoms. The Morgan fingerprint density at radius 3 is 2.56 bits per heavy atom. The van der Waals surface area contributed by atoms with E-state index in [1.165, 1.54) is 35.6 Å². The van der Waals surface area contributed by atoms with Crippen LogP contribution in [0.1, 0.15) is 34.5 Å². The Morgan fingerprint density at radius 1 is 1.07 bits per heavy atom. The van der Waals surface area contributed by atoms with Crippen molar-refractivity contribution in [2.75, 3.05) is 0 Å². The Labute approximate surface area is 161 Å². The van der Waals surface area contributed by atoms with E-state index >= 15 is 0 Å². The average Bonchev–Trinajstić information content (AvgIpc) is 3.14. The largest absolute Gasteiger partial charge is 0.350 e. The monoisotopic (exact) mass is 382 g/mol. The Bertz CT molecular complexity index is 951. The number of carbonyl (C=O) groups is 2. The topological polar surface area (TPSA) is 59.1 Å². The first kappa shape index (κ1) is 18.9. The molecule has 0 radical (unpaired) electrons. The summed E-state index contributed by atoms with van der Waals surface area (Å²) in [4.78, 5) is 28.6. The standard InChI is InChI=1S/C21H19FN2O2S/c1-14-4-2-3-5-18(14)21-24-17(13-27-21)12-23-20(26)11-10-19(25)15-6-8-16(22)9-7-15/h2-9,13H,10-12H2,1H3,(H,23,26). The number of hydrogen-bond donors (Lipinski definition) is 1. The van der Waals surface area contributed by atoms with Gasteiger partial charge in [0.25, 0.3) is 0 Å². The number of carbonyl (C=O) groups excluding carboxylic acids is 2. The third-order valence-corrected chi connectivity index (χ3v) is 5.06. The van der Waals surface area contributed by atoms with Crippen LogP contribution in [-0.2, 0) is 11.3 Å². The minimum absolute atomic E-state index is 0.0863. The van der Waals surface area contributed by atoms with E-state index in [9.17, 15) is 14.0 Å². The highest BCUT2D eigenvalue weighted by atomic mass is 32.1. The lowest BCUT2D eigenvalue weighted by Gasteiger charge is -2.04. The summed E-state index contributed by atoms with van der Waals surface area (Å²) < 4.78 is 12.9. The lowest BCUT2D eigenvalue weighted by atomic mass is 10.1. The summed E-state index contributed by atoms with van der Waals surface area (Å²) in [5.74, 6) is -0.783. The zero-order valence-corrected chi connectivity index (χ0v) is 15.7. The van der Waals surface area contributed by atoms with Crippen LogP contribution in [-0.4, -0.2) is 16.7 Å². The molecule has 0 bridgehead atoms. The highest BCUT2D eigenvalue weighted by molar-refractivity contribution is 7.13. The van der Waals surface area contributed by atoms with Gasteiger partial charge in [-0.15, -0.1) is 11.3 Å². The van der Waals surface area contributed by atoms with Gasteiger partial charge in [0.1, 0.15) is 10.8 Å². The van der Waals surface area contributed by atoms with Crippen LogP contribution in [0.4, 0.5) is 4.39 Å². The van der Waals surface area contributed by atoms with Crippen molar-refractivity contribution in [3.8, 4) is 10.6 Å². The van der Waals surface area contributed by atoms with E-state index < -0.39 is 5.82 Å². The van der Waals surface area contributed by atoms with Crippen molar-refractivity contribution >= 4 is 23.0 Å². The first-order chi connectivity index (χ1) is 13.0. The number of thiazole rings is 1. The minimum atomic E-state index is -0.391. The van der Waals surface area contributed by atoms with Crippen LogP contribution in [0.15, 0.2) is 53.9 Å². The molecule has 0 aliphatic rings. The van der Waals surface area contributed by atoms with E-state index in [0.29, 0.717) is 12.1 Å². The molecule has 0 unspecified atom stereocenters. The maximum Gasteiger partial charge on any atom is 0.220 e. The summed E-state index contributed by atoms with van der Waals surface area (Å²) in [6.07, 6.45) is 0.175. The Hall–Kier alpha value is -2.86. The normalized spacial score (nSPS) is 10.6. The predicted molar refractivity (Wildman–Crippen MR) is 104 cm³/mol. The molecule has 3 aromatic rings. The quantitative estimate of drug-likeness (QED) is 0.611. The molecule has 1 amide bonds. The van der Waals surface area contributed by atoms with Gasteiger partial charge in [0.15, 0.2) is 5.78 Å². The molecule has 1 aromatic heterocycles. The van der Waals surface area contributed by atoms with Crippen molar-refractivity contribution in [1.29, 1.82) is 0 Å². The van der Waals surface area contributed by atoms with Gasteiger partial charge < -0.3 is 5.32 Å². The van der Waals surface area contributed by atoms with Crippen LogP contribution >= 0.6 is 11.3 Å². The van der Waals surface area contributed by atoms with E-state index in [-0.39, 0.29) is 24.5 Å². The third kappa shape index (κ3) is 5.08. The van der Waals surface area contributed by atoms with Gasteiger partial charge in [0, 0.05) is 29.3 Å². The first-order valence-corrected chi connectivity index (χ1v) is 9.47. The van der Waals surface area contributed by atoms with E-state index in [1.807, 2.05) is 36.6 Å². The molecular weight excluding hydrogens is 363 g/mol. The van der Waals surface area contributed by atoms with E-state index in [1.54, 1.807) is 0 Å². The molecule has 0 aliphatic carbocycles. The minimum Gasteiger partial charge on any atom is -0.350 e. The molecule has 3 rings (SSSR count). The second-order valence-electron chi connectivity index (χ2n) is 6.17. The van der Waals surface area contributed by atoms with Gasteiger partial charge in [-0.05, 0) is 36.8 Å². The fourth-order valence-corrected chi connectivity index (χ4v) is 3.52. The first-order valence-electron chi connectivity index (χ1n) is 8.59. The lowest BCUT2D eigenvalue weighted by Crippen LogP contribution is -2.23. The SMILES string of the molecule is Cc1ccccc1-c1nc(CNC(=O)CCC(=O)c2ccc(F)cc2)cs1. The van der Waals surface area contributed by atoms with Crippen LogP contribution in [0.3, 0.4) is 0 Å². The van der Waals surface area contributed by atoms with Crippen LogP contribution in [0.2, 0.25) is 0 Å². The fourth-order valence-electron chi connectivity index (χ4n) is 2.61. The van der Waals surface area contributed by atoms with Crippen LogP contribution in [0, 0.1) is 12.7 Å². The van der Waals surface area contributed by atoms with Crippen molar-refractivity contribution in [2.45, 2.75) is 26.3 Å². The summed E-state index contributed by atoms with van der Waals surface area (Å²) in [7, 11) is 0. The number of aromatic nitrogens is 1. The number of nitrogens with zero attached hydrogens (tertiary/aromatic N) is 1. The molecule has 2 aromatic carbocycles. The maximum atomic E-state index is 12.9. The van der Waals surface area contributed by atoms with Crippen molar-refractivity contribution in [2.24, 2.45) is 0 Å². The van der Waals surface area contributed by atoms with Crippen LogP contribution < -0.4 is 5.32 Å². The van der Waals surface area contributed by atoms with Gasteiger partial charge in [0.05, 0.1) is 12.2 Å². The number of Topliss-reactive ketones (excluding diaryl/α,β-unsaturated/α-hetero) is 1. The molecule has 1 heterocycles. The van der Waals surface area contributed by atoms with Crippen molar-refractivity contribution in [3.63, 3.8) is 0 Å². The van der Waals surface area contributed by atoms with Gasteiger partial charge in [-0.2, -0.15) is 0 Å². The summed E-state index contributed by atoms with van der Waals surface area (Å²) >= 11 is 1.54. The van der Waals surface area contributed by atoms with Gasteiger partial charge in [-0.25, -0.2) is 9.37 Å². The number of amides is 1. The predicted octanol–water partition coefficient (Wildman–Crippen LogP) is 4.54. The molecule has 0 spiro atoms. The second kappa shape index (κ2) is 8.68. The second-order valence-corrected chi connectivity index (χ2v) is 7.02. The number of benzene rings is 2. The van der Waals surface area contributed by atoms with E-state index in [2.05, 4.69) is 10.3 Å². The van der Waals surface area contributed by atoms with E-state index in [4.69, 9.17) is 0 Å². The molecule has 0 saturated carbocycles. The van der Waals surface area contributed by atoms with E-state index in [0.717, 1.165) is 21.8 Å². The molecule has 6 heteroatoms. The number of halogens is 1. The highest BCUT2D eigenvalue weighted by Crippen LogP contribution is 2.26. The molecule has 0 saturated heterocycles. The van der Waals surface area contributed by atoms with Crippen molar-refractivity contribution < 1.29 is 14.0 Å². The smallest absolute Gasteiger partial charge is 0.220 e. The summed E-state index contributed by atoms with van der Waals surface area (Å²) in [5, 5.41) is 5.63. The number of hydrogen-bond acceptors (Lipinski definition) is 4. The maximum absolute atomic E-state index is 12.9. The van der Waals surface area contributed by atoms with Crippen LogP contribution in [0.25, 0.3) is 10.6 Å². The summed E-state index contributed by atoms with van der Waals surface area (Å²) in [6, 6.07) is 13.4. The Morgan fingerprint density at radius 2 is 1.81 bits per heavy atom. The summed E-state index contributed by atoms with van der Waals surface area (Å²) in [6.45, 7) is 2.36. The zero-order valence-electron chi connectivity index (χ0n) is 14.9. The molecule has 0 fully saturated rings. The zero-order chi connectivity index (χ0) is 19.2. The molecular formula is C21H19FN2O2S. The highest BCUT2D eigenvalue weighted by Gasteiger charge is 2.11. The number of ketones is 1. The molecule has 0 aliphatic heterocycles. The fraction of sp³-hybridized carbons (Fsp3) is 0.190. The van der Waals surface area contributed by atoms with Gasteiger partial charge in [-0.1, -0.05) is 24.3 Å². The van der Waals surface area contributed by atoms with Crippen molar-refractivity contribution in [3.05, 3.63) is 76.5 Å². The Balaban J connectivity index is 1.49. The molecule has 1 N–H and O–H groups in total.